The number of aromatic nitrogens is 2. The highest BCUT2D eigenvalue weighted by molar-refractivity contribution is 5.80. The van der Waals surface area contributed by atoms with Crippen LogP contribution in [0.15, 0.2) is 72.0 Å². The normalized spacial score (nSPS) is 16.0. The largest absolute Gasteiger partial charge is 0.487 e. The average Bonchev–Trinajstić information content (AvgIpc) is 3.31. The highest BCUT2D eigenvalue weighted by Crippen LogP contribution is 2.21. The maximum absolute atomic E-state index is 14.1. The van der Waals surface area contributed by atoms with Gasteiger partial charge in [0.2, 0.25) is 0 Å². The fourth-order valence-corrected chi connectivity index (χ4v) is 3.70. The summed E-state index contributed by atoms with van der Waals surface area (Å²) in [6.07, 6.45) is 4.28. The lowest BCUT2D eigenvalue weighted by molar-refractivity contribution is 0.301. The fourth-order valence-electron chi connectivity index (χ4n) is 3.70. The Morgan fingerprint density at radius 3 is 2.73 bits per heavy atom. The summed E-state index contributed by atoms with van der Waals surface area (Å²) < 4.78 is 19.8. The van der Waals surface area contributed by atoms with Crippen molar-refractivity contribution in [2.75, 3.05) is 24.5 Å². The van der Waals surface area contributed by atoms with Crippen LogP contribution in [0.1, 0.15) is 24.6 Å². The molecule has 0 spiro atoms. The molecule has 1 atom stereocenters. The summed E-state index contributed by atoms with van der Waals surface area (Å²) >= 11 is 0. The molecule has 0 radical (unpaired) electrons. The van der Waals surface area contributed by atoms with Gasteiger partial charge < -0.3 is 20.3 Å². The molecule has 2 aromatic heterocycles. The van der Waals surface area contributed by atoms with Gasteiger partial charge in [0.05, 0.1) is 12.2 Å². The number of nitrogens with one attached hydrogen (secondary N) is 2. The molecule has 1 aromatic carbocycles. The number of pyridine rings is 2. The number of hydrogen-bond donors (Lipinski definition) is 2. The minimum absolute atomic E-state index is 0.173. The van der Waals surface area contributed by atoms with E-state index in [1.54, 1.807) is 18.5 Å². The summed E-state index contributed by atoms with van der Waals surface area (Å²) in [4.78, 5) is 15.1. The molecule has 0 bridgehead atoms. The van der Waals surface area contributed by atoms with E-state index in [-0.39, 0.29) is 11.9 Å². The zero-order chi connectivity index (χ0) is 22.9. The predicted molar refractivity (Wildman–Crippen MR) is 128 cm³/mol. The van der Waals surface area contributed by atoms with Crippen LogP contribution in [-0.2, 0) is 13.2 Å². The summed E-state index contributed by atoms with van der Waals surface area (Å²) in [6, 6.07) is 16.9. The Balaban J connectivity index is 1.30. The number of aliphatic imine (C=N–C) groups is 1. The second-order valence-corrected chi connectivity index (χ2v) is 7.83. The number of hydrogen-bond acceptors (Lipinski definition) is 5. The molecule has 1 fully saturated rings. The van der Waals surface area contributed by atoms with Crippen LogP contribution >= 0.6 is 0 Å². The Kier molecular flexibility index (Phi) is 7.68. The van der Waals surface area contributed by atoms with Gasteiger partial charge in [-0.05, 0) is 55.3 Å². The molecule has 0 amide bonds. The van der Waals surface area contributed by atoms with Crippen LogP contribution in [0.3, 0.4) is 0 Å². The number of ether oxygens (including phenoxy) is 1. The lowest BCUT2D eigenvalue weighted by atomic mass is 10.2. The maximum atomic E-state index is 14.1. The van der Waals surface area contributed by atoms with Crippen molar-refractivity contribution in [2.24, 2.45) is 4.99 Å². The van der Waals surface area contributed by atoms with Crippen molar-refractivity contribution in [1.29, 1.82) is 0 Å². The molecular weight excluding hydrogens is 419 g/mol. The second-order valence-electron chi connectivity index (χ2n) is 7.83. The molecule has 7 nitrogen and oxygen atoms in total. The Morgan fingerprint density at radius 1 is 1.12 bits per heavy atom. The number of benzene rings is 1. The van der Waals surface area contributed by atoms with Crippen LogP contribution in [0.2, 0.25) is 0 Å². The minimum Gasteiger partial charge on any atom is -0.487 e. The van der Waals surface area contributed by atoms with E-state index in [4.69, 9.17) is 9.73 Å². The number of halogens is 1. The summed E-state index contributed by atoms with van der Waals surface area (Å²) in [5.74, 6) is 1.67. The average molecular weight is 449 g/mol. The van der Waals surface area contributed by atoms with Crippen LogP contribution < -0.4 is 20.3 Å². The SMILES string of the molecule is CCNC(=NCc1ccc(OCc2ccccn2)cc1)NC1CCN(c2ncccc2F)C1. The van der Waals surface area contributed by atoms with Crippen molar-refractivity contribution < 1.29 is 9.13 Å². The standard InChI is InChI=1S/C25H29FN6O/c1-2-27-25(31-20-12-15-32(17-20)24-23(26)7-5-14-29-24)30-16-19-8-10-22(11-9-19)33-18-21-6-3-4-13-28-21/h3-11,13-14,20H,2,12,15-18H2,1H3,(H2,27,30,31). The van der Waals surface area contributed by atoms with Crippen molar-refractivity contribution in [3.05, 3.63) is 84.1 Å². The van der Waals surface area contributed by atoms with Gasteiger partial charge in [-0.25, -0.2) is 14.4 Å². The van der Waals surface area contributed by atoms with Crippen LogP contribution in [-0.4, -0.2) is 41.6 Å². The van der Waals surface area contributed by atoms with Gasteiger partial charge in [0.1, 0.15) is 12.4 Å². The van der Waals surface area contributed by atoms with E-state index < -0.39 is 0 Å². The first-order valence-corrected chi connectivity index (χ1v) is 11.2. The molecule has 4 rings (SSSR count). The smallest absolute Gasteiger partial charge is 0.191 e. The number of rotatable bonds is 8. The zero-order valence-corrected chi connectivity index (χ0v) is 18.7. The first-order valence-electron chi connectivity index (χ1n) is 11.2. The summed E-state index contributed by atoms with van der Waals surface area (Å²) in [7, 11) is 0. The fraction of sp³-hybridized carbons (Fsp3) is 0.320. The van der Waals surface area contributed by atoms with E-state index in [9.17, 15) is 4.39 Å². The highest BCUT2D eigenvalue weighted by Gasteiger charge is 2.25. The minimum atomic E-state index is -0.286. The molecule has 8 heteroatoms. The van der Waals surface area contributed by atoms with Crippen molar-refractivity contribution >= 4 is 11.8 Å². The number of nitrogens with zero attached hydrogens (tertiary/aromatic N) is 4. The van der Waals surface area contributed by atoms with E-state index in [0.717, 1.165) is 42.5 Å². The molecule has 1 aliphatic rings. The molecule has 2 N–H and O–H groups in total. The molecule has 1 saturated heterocycles. The molecule has 3 heterocycles. The Hall–Kier alpha value is -3.68. The van der Waals surface area contributed by atoms with Crippen molar-refractivity contribution in [1.82, 2.24) is 20.6 Å². The van der Waals surface area contributed by atoms with Crippen molar-refractivity contribution in [3.63, 3.8) is 0 Å². The van der Waals surface area contributed by atoms with Gasteiger partial charge in [-0.3, -0.25) is 4.98 Å². The maximum Gasteiger partial charge on any atom is 0.191 e. The zero-order valence-electron chi connectivity index (χ0n) is 18.7. The van der Waals surface area contributed by atoms with Crippen LogP contribution in [0.4, 0.5) is 10.2 Å². The molecule has 0 aliphatic carbocycles. The summed E-state index contributed by atoms with van der Waals surface area (Å²) in [5, 5.41) is 6.77. The Labute approximate surface area is 193 Å². The van der Waals surface area contributed by atoms with E-state index >= 15 is 0 Å². The van der Waals surface area contributed by atoms with Gasteiger partial charge in [-0.15, -0.1) is 0 Å². The van der Waals surface area contributed by atoms with Crippen LogP contribution in [0.25, 0.3) is 0 Å². The van der Waals surface area contributed by atoms with Gasteiger partial charge in [0, 0.05) is 38.1 Å². The van der Waals surface area contributed by atoms with Gasteiger partial charge in [-0.1, -0.05) is 18.2 Å². The van der Waals surface area contributed by atoms with Crippen LogP contribution in [0, 0.1) is 5.82 Å². The first-order chi connectivity index (χ1) is 16.2. The third-order valence-corrected chi connectivity index (χ3v) is 5.37. The number of guanidine groups is 1. The monoisotopic (exact) mass is 448 g/mol. The Morgan fingerprint density at radius 2 is 1.97 bits per heavy atom. The van der Waals surface area contributed by atoms with Gasteiger partial charge >= 0.3 is 0 Å². The third-order valence-electron chi connectivity index (χ3n) is 5.37. The molecule has 1 unspecified atom stereocenters. The molecule has 0 saturated carbocycles. The molecule has 172 valence electrons. The van der Waals surface area contributed by atoms with Gasteiger partial charge in [0.25, 0.3) is 0 Å². The van der Waals surface area contributed by atoms with Gasteiger partial charge in [0.15, 0.2) is 17.6 Å². The van der Waals surface area contributed by atoms with E-state index in [1.807, 2.05) is 54.3 Å². The van der Waals surface area contributed by atoms with E-state index in [1.165, 1.54) is 6.07 Å². The third kappa shape index (κ3) is 6.41. The van der Waals surface area contributed by atoms with Gasteiger partial charge in [-0.2, -0.15) is 0 Å². The molecule has 1 aliphatic heterocycles. The lowest BCUT2D eigenvalue weighted by Gasteiger charge is -2.20. The summed E-state index contributed by atoms with van der Waals surface area (Å²) in [5.41, 5.74) is 1.98. The molecule has 33 heavy (non-hydrogen) atoms. The number of anilines is 1. The lowest BCUT2D eigenvalue weighted by Crippen LogP contribution is -2.44. The quantitative estimate of drug-likeness (QED) is 0.406. The van der Waals surface area contributed by atoms with Crippen molar-refractivity contribution in [3.8, 4) is 5.75 Å². The Bertz CT molecular complexity index is 1040. The van der Waals surface area contributed by atoms with Crippen molar-refractivity contribution in [2.45, 2.75) is 32.5 Å². The first kappa shape index (κ1) is 22.5. The van der Waals surface area contributed by atoms with E-state index in [0.29, 0.717) is 25.5 Å². The second kappa shape index (κ2) is 11.3. The predicted octanol–water partition coefficient (Wildman–Crippen LogP) is 3.53. The summed E-state index contributed by atoms with van der Waals surface area (Å²) in [6.45, 7) is 5.22. The highest BCUT2D eigenvalue weighted by atomic mass is 19.1. The topological polar surface area (TPSA) is 74.7 Å². The van der Waals surface area contributed by atoms with E-state index in [2.05, 4.69) is 20.6 Å². The molecule has 3 aromatic rings. The molecular formula is C25H29FN6O. The van der Waals surface area contributed by atoms with Crippen LogP contribution in [0.5, 0.6) is 5.75 Å².